The monoisotopic (exact) mass is 447 g/mol. The molecule has 32 heavy (non-hydrogen) atoms. The summed E-state index contributed by atoms with van der Waals surface area (Å²) in [6, 6.07) is 28.4. The van der Waals surface area contributed by atoms with Gasteiger partial charge in [0.25, 0.3) is 0 Å². The lowest BCUT2D eigenvalue weighted by Gasteiger charge is -2.20. The molecule has 0 unspecified atom stereocenters. The Labute approximate surface area is 195 Å². The Kier molecular flexibility index (Phi) is 8.96. The molecule has 0 saturated carbocycles. The van der Waals surface area contributed by atoms with E-state index >= 15 is 0 Å². The van der Waals surface area contributed by atoms with Crippen LogP contribution < -0.4 is 5.32 Å². The van der Waals surface area contributed by atoms with Gasteiger partial charge in [-0.2, -0.15) is 0 Å². The quantitative estimate of drug-likeness (QED) is 0.360. The van der Waals surface area contributed by atoms with E-state index in [0.29, 0.717) is 13.0 Å². The molecule has 0 aliphatic heterocycles. The number of rotatable bonds is 11. The van der Waals surface area contributed by atoms with Crippen LogP contribution in [0.1, 0.15) is 36.0 Å². The molecular formula is C27H29NO3S. The molecular weight excluding hydrogens is 418 g/mol. The van der Waals surface area contributed by atoms with Gasteiger partial charge in [0.05, 0.1) is 4.99 Å². The summed E-state index contributed by atoms with van der Waals surface area (Å²) >= 11 is 5.79. The van der Waals surface area contributed by atoms with Crippen LogP contribution in [-0.2, 0) is 22.4 Å². The Bertz CT molecular complexity index is 990. The third-order valence-corrected chi connectivity index (χ3v) is 5.76. The first-order valence-electron chi connectivity index (χ1n) is 10.9. The van der Waals surface area contributed by atoms with Crippen molar-refractivity contribution in [3.8, 4) is 0 Å². The number of aryl methyl sites for hydroxylation is 1. The van der Waals surface area contributed by atoms with Gasteiger partial charge in [-0.15, -0.1) is 0 Å². The zero-order valence-electron chi connectivity index (χ0n) is 18.2. The van der Waals surface area contributed by atoms with Gasteiger partial charge in [-0.05, 0) is 48.6 Å². The summed E-state index contributed by atoms with van der Waals surface area (Å²) in [6.45, 7) is 2.19. The molecule has 0 bridgehead atoms. The van der Waals surface area contributed by atoms with Gasteiger partial charge in [0.1, 0.15) is 0 Å². The minimum absolute atomic E-state index is 0.0976. The molecule has 3 aromatic carbocycles. The summed E-state index contributed by atoms with van der Waals surface area (Å²) in [4.78, 5) is 12.1. The van der Waals surface area contributed by atoms with Crippen molar-refractivity contribution in [1.82, 2.24) is 0 Å². The summed E-state index contributed by atoms with van der Waals surface area (Å²) in [7, 11) is 0. The topological polar surface area (TPSA) is 58.6 Å². The third kappa shape index (κ3) is 7.01. The zero-order chi connectivity index (χ0) is 22.8. The van der Waals surface area contributed by atoms with E-state index in [1.165, 1.54) is 11.1 Å². The van der Waals surface area contributed by atoms with Gasteiger partial charge >= 0.3 is 5.97 Å². The number of nitrogens with one attached hydrogen (secondary N) is 1. The van der Waals surface area contributed by atoms with Crippen LogP contribution in [0.5, 0.6) is 0 Å². The molecule has 0 aliphatic carbocycles. The lowest BCUT2D eigenvalue weighted by molar-refractivity contribution is -0.149. The van der Waals surface area contributed by atoms with Gasteiger partial charge in [-0.3, -0.25) is 0 Å². The summed E-state index contributed by atoms with van der Waals surface area (Å²) in [5.74, 6) is -0.832. The van der Waals surface area contributed by atoms with Crippen LogP contribution in [-0.4, -0.2) is 28.8 Å². The number of carboxylic acids is 1. The molecule has 0 radical (unpaired) electrons. The number of ether oxygens (including phenoxy) is 1. The average molecular weight is 448 g/mol. The molecule has 0 fully saturated rings. The van der Waals surface area contributed by atoms with E-state index < -0.39 is 12.1 Å². The second-order valence-corrected chi connectivity index (χ2v) is 8.10. The van der Waals surface area contributed by atoms with E-state index in [2.05, 4.69) is 29.6 Å². The number of hydrogen-bond donors (Lipinski definition) is 2. The first kappa shape index (κ1) is 23.6. The Balaban J connectivity index is 1.66. The predicted octanol–water partition coefficient (Wildman–Crippen LogP) is 5.87. The number of aliphatic carboxylic acids is 1. The van der Waals surface area contributed by atoms with Crippen molar-refractivity contribution in [3.63, 3.8) is 0 Å². The van der Waals surface area contributed by atoms with E-state index in [0.717, 1.165) is 29.1 Å². The molecule has 2 atom stereocenters. The number of thiocarbonyl (C=S) groups is 1. The fourth-order valence-corrected chi connectivity index (χ4v) is 4.04. The number of anilines is 1. The highest BCUT2D eigenvalue weighted by atomic mass is 32.1. The van der Waals surface area contributed by atoms with Crippen LogP contribution in [0.2, 0.25) is 0 Å². The maximum Gasteiger partial charge on any atom is 0.333 e. The number of para-hydroxylation sites is 1. The van der Waals surface area contributed by atoms with E-state index in [1.807, 2.05) is 60.7 Å². The van der Waals surface area contributed by atoms with E-state index in [4.69, 9.17) is 17.0 Å². The van der Waals surface area contributed by atoms with Crippen LogP contribution in [0.15, 0.2) is 84.9 Å². The van der Waals surface area contributed by atoms with Gasteiger partial charge in [-0.25, -0.2) is 4.79 Å². The molecule has 3 rings (SSSR count). The van der Waals surface area contributed by atoms with Gasteiger partial charge in [0.2, 0.25) is 0 Å². The summed E-state index contributed by atoms with van der Waals surface area (Å²) in [6.07, 6.45) is 1.29. The smallest absolute Gasteiger partial charge is 0.333 e. The van der Waals surface area contributed by atoms with Crippen LogP contribution in [0.4, 0.5) is 5.69 Å². The first-order chi connectivity index (χ1) is 15.6. The first-order valence-corrected chi connectivity index (χ1v) is 11.3. The van der Waals surface area contributed by atoms with E-state index in [-0.39, 0.29) is 5.92 Å². The molecule has 166 valence electrons. The SMILES string of the molecule is CCO[C@@H](Cc1ccc(CC[C@@H](C(=S)Nc2ccccc2)c2ccccc2)cc1)C(=O)O. The lowest BCUT2D eigenvalue weighted by Crippen LogP contribution is -2.26. The van der Waals surface area contributed by atoms with Crippen molar-refractivity contribution in [2.24, 2.45) is 0 Å². The highest BCUT2D eigenvalue weighted by Crippen LogP contribution is 2.25. The Morgan fingerprint density at radius 2 is 1.53 bits per heavy atom. The summed E-state index contributed by atoms with van der Waals surface area (Å²) in [5.41, 5.74) is 4.33. The van der Waals surface area contributed by atoms with Crippen molar-refractivity contribution in [2.45, 2.75) is 38.2 Å². The fraction of sp³-hybridized carbons (Fsp3) is 0.259. The Morgan fingerprint density at radius 1 is 0.938 bits per heavy atom. The number of carboxylic acid groups (broad SMARTS) is 1. The van der Waals surface area contributed by atoms with Gasteiger partial charge in [-0.1, -0.05) is 85.0 Å². The third-order valence-electron chi connectivity index (χ3n) is 5.37. The number of carbonyl (C=O) groups is 1. The molecule has 0 saturated heterocycles. The van der Waals surface area contributed by atoms with Crippen molar-refractivity contribution >= 4 is 28.9 Å². The number of benzene rings is 3. The molecule has 2 N–H and O–H groups in total. The van der Waals surface area contributed by atoms with Gasteiger partial charge < -0.3 is 15.2 Å². The minimum atomic E-state index is -0.930. The van der Waals surface area contributed by atoms with Crippen molar-refractivity contribution in [2.75, 3.05) is 11.9 Å². The maximum atomic E-state index is 11.3. The second kappa shape index (κ2) is 12.1. The summed E-state index contributed by atoms with van der Waals surface area (Å²) in [5, 5.41) is 12.7. The van der Waals surface area contributed by atoms with Gasteiger partial charge in [0, 0.05) is 24.6 Å². The van der Waals surface area contributed by atoms with Crippen LogP contribution in [0.25, 0.3) is 0 Å². The lowest BCUT2D eigenvalue weighted by atomic mass is 9.91. The normalized spacial score (nSPS) is 12.7. The molecule has 4 nitrogen and oxygen atoms in total. The molecule has 0 spiro atoms. The minimum Gasteiger partial charge on any atom is -0.479 e. The van der Waals surface area contributed by atoms with Crippen molar-refractivity contribution in [1.29, 1.82) is 0 Å². The summed E-state index contributed by atoms with van der Waals surface area (Å²) < 4.78 is 5.32. The molecule has 0 aliphatic rings. The van der Waals surface area contributed by atoms with E-state index in [1.54, 1.807) is 6.92 Å². The van der Waals surface area contributed by atoms with Crippen molar-refractivity contribution < 1.29 is 14.6 Å². The predicted molar refractivity (Wildman–Crippen MR) is 133 cm³/mol. The maximum absolute atomic E-state index is 11.3. The fourth-order valence-electron chi connectivity index (χ4n) is 3.67. The number of hydrogen-bond acceptors (Lipinski definition) is 3. The van der Waals surface area contributed by atoms with Crippen LogP contribution in [0.3, 0.4) is 0 Å². The Hall–Kier alpha value is -3.02. The van der Waals surface area contributed by atoms with Gasteiger partial charge in [0.15, 0.2) is 6.10 Å². The zero-order valence-corrected chi connectivity index (χ0v) is 19.1. The highest BCUT2D eigenvalue weighted by Gasteiger charge is 2.19. The molecule has 0 amide bonds. The Morgan fingerprint density at radius 3 is 2.12 bits per heavy atom. The van der Waals surface area contributed by atoms with E-state index in [9.17, 15) is 9.90 Å². The highest BCUT2D eigenvalue weighted by molar-refractivity contribution is 7.80. The van der Waals surface area contributed by atoms with Crippen molar-refractivity contribution in [3.05, 3.63) is 102 Å². The molecule has 3 aromatic rings. The molecule has 0 heterocycles. The average Bonchev–Trinajstić information content (AvgIpc) is 2.81. The molecule has 5 heteroatoms. The van der Waals surface area contributed by atoms with Crippen LogP contribution >= 0.6 is 12.2 Å². The largest absolute Gasteiger partial charge is 0.479 e. The van der Waals surface area contributed by atoms with Crippen LogP contribution in [0, 0.1) is 0 Å². The molecule has 0 aromatic heterocycles. The second-order valence-electron chi connectivity index (χ2n) is 7.66. The standard InChI is InChI=1S/C27H29NO3S/c1-2-31-25(27(29)30)19-21-15-13-20(14-16-21)17-18-24(22-9-5-3-6-10-22)26(32)28-23-11-7-4-8-12-23/h3-16,24-25H,2,17-19H2,1H3,(H,28,32)(H,29,30)/t24-,25+/m1/s1.